The van der Waals surface area contributed by atoms with Gasteiger partial charge in [0.15, 0.2) is 0 Å². The molecule has 0 saturated carbocycles. The van der Waals surface area contributed by atoms with E-state index in [-0.39, 0.29) is 5.57 Å². The van der Waals surface area contributed by atoms with Gasteiger partial charge in [-0.25, -0.2) is 9.59 Å². The zero-order valence-corrected chi connectivity index (χ0v) is 7.78. The molecule has 0 atom stereocenters. The van der Waals surface area contributed by atoms with Crippen molar-refractivity contribution in [2.75, 3.05) is 0 Å². The number of aliphatic carboxylic acids is 2. The monoisotopic (exact) mass is 186 g/mol. The fourth-order valence-electron chi connectivity index (χ4n) is 0.834. The summed E-state index contributed by atoms with van der Waals surface area (Å²) in [5.41, 5.74) is -0.0406. The summed E-state index contributed by atoms with van der Waals surface area (Å²) in [6, 6.07) is 0. The highest BCUT2D eigenvalue weighted by Gasteiger charge is 2.09. The zero-order valence-electron chi connectivity index (χ0n) is 7.78. The molecule has 0 spiro atoms. The van der Waals surface area contributed by atoms with Crippen LogP contribution in [0.1, 0.15) is 26.7 Å². The average molecular weight is 186 g/mol. The lowest BCUT2D eigenvalue weighted by Crippen LogP contribution is -2.05. The minimum Gasteiger partial charge on any atom is -0.478 e. The van der Waals surface area contributed by atoms with Crippen molar-refractivity contribution >= 4 is 11.9 Å². The Morgan fingerprint density at radius 1 is 1.31 bits per heavy atom. The largest absolute Gasteiger partial charge is 0.478 e. The molecule has 0 fully saturated rings. The number of carbonyl (C=O) groups is 2. The second-order valence-electron chi connectivity index (χ2n) is 3.25. The summed E-state index contributed by atoms with van der Waals surface area (Å²) < 4.78 is 0. The molecule has 0 rings (SSSR count). The number of carboxylic acids is 2. The van der Waals surface area contributed by atoms with Crippen molar-refractivity contribution in [3.63, 3.8) is 0 Å². The normalized spacial score (nSPS) is 11.8. The fraction of sp³-hybridized carbons (Fsp3) is 0.556. The lowest BCUT2D eigenvalue weighted by atomic mass is 10.0. The molecule has 4 heteroatoms. The quantitative estimate of drug-likeness (QED) is 0.638. The van der Waals surface area contributed by atoms with Crippen molar-refractivity contribution in [2.45, 2.75) is 26.7 Å². The van der Waals surface area contributed by atoms with Gasteiger partial charge in [-0.2, -0.15) is 0 Å². The molecule has 0 aliphatic rings. The molecule has 2 N–H and O–H groups in total. The summed E-state index contributed by atoms with van der Waals surface area (Å²) in [4.78, 5) is 20.7. The van der Waals surface area contributed by atoms with E-state index < -0.39 is 11.9 Å². The topological polar surface area (TPSA) is 74.6 Å². The zero-order chi connectivity index (χ0) is 10.4. The minimum atomic E-state index is -1.21. The maximum atomic E-state index is 10.5. The van der Waals surface area contributed by atoms with Crippen LogP contribution in [0.3, 0.4) is 0 Å². The predicted molar refractivity (Wildman–Crippen MR) is 47.4 cm³/mol. The molecule has 74 valence electrons. The Labute approximate surface area is 76.9 Å². The van der Waals surface area contributed by atoms with E-state index >= 15 is 0 Å². The van der Waals surface area contributed by atoms with Crippen molar-refractivity contribution in [3.05, 3.63) is 11.6 Å². The predicted octanol–water partition coefficient (Wildman–Crippen LogP) is 1.52. The Morgan fingerprint density at radius 3 is 2.15 bits per heavy atom. The first-order valence-electron chi connectivity index (χ1n) is 4.10. The molecule has 0 aromatic heterocycles. The van der Waals surface area contributed by atoms with E-state index in [9.17, 15) is 9.59 Å². The van der Waals surface area contributed by atoms with Crippen LogP contribution in [0.5, 0.6) is 0 Å². The Balaban J connectivity index is 4.28. The van der Waals surface area contributed by atoms with Crippen LogP contribution in [-0.2, 0) is 9.59 Å². The van der Waals surface area contributed by atoms with E-state index in [1.165, 1.54) is 0 Å². The van der Waals surface area contributed by atoms with Crippen LogP contribution in [0.15, 0.2) is 11.6 Å². The average Bonchev–Trinajstić information content (AvgIpc) is 1.96. The Kier molecular flexibility index (Phi) is 4.80. The van der Waals surface area contributed by atoms with Crippen LogP contribution < -0.4 is 0 Å². The first-order chi connectivity index (χ1) is 5.93. The van der Waals surface area contributed by atoms with E-state index in [0.717, 1.165) is 6.08 Å². The van der Waals surface area contributed by atoms with Gasteiger partial charge in [0.2, 0.25) is 0 Å². The molecule has 0 radical (unpaired) electrons. The van der Waals surface area contributed by atoms with Gasteiger partial charge in [0.05, 0.1) is 0 Å². The summed E-state index contributed by atoms with van der Waals surface area (Å²) in [7, 11) is 0. The summed E-state index contributed by atoms with van der Waals surface area (Å²) in [5.74, 6) is -1.99. The highest BCUT2D eigenvalue weighted by molar-refractivity contribution is 5.94. The lowest BCUT2D eigenvalue weighted by Gasteiger charge is -2.03. The van der Waals surface area contributed by atoms with Crippen LogP contribution in [0.4, 0.5) is 0 Å². The van der Waals surface area contributed by atoms with E-state index in [0.29, 0.717) is 18.8 Å². The van der Waals surface area contributed by atoms with Gasteiger partial charge in [0, 0.05) is 11.6 Å². The van der Waals surface area contributed by atoms with Gasteiger partial charge in [-0.3, -0.25) is 0 Å². The van der Waals surface area contributed by atoms with E-state index in [2.05, 4.69) is 0 Å². The molecular weight excluding hydrogens is 172 g/mol. The third kappa shape index (κ3) is 5.90. The molecule has 0 aliphatic carbocycles. The highest BCUT2D eigenvalue weighted by atomic mass is 16.4. The molecule has 0 aliphatic heterocycles. The number of rotatable bonds is 5. The molecule has 0 aromatic carbocycles. The molecule has 4 nitrogen and oxygen atoms in total. The third-order valence-corrected chi connectivity index (χ3v) is 1.56. The Bertz CT molecular complexity index is 228. The molecule has 0 bridgehead atoms. The smallest absolute Gasteiger partial charge is 0.331 e. The van der Waals surface area contributed by atoms with Crippen molar-refractivity contribution in [3.8, 4) is 0 Å². The maximum Gasteiger partial charge on any atom is 0.331 e. The summed E-state index contributed by atoms with van der Waals surface area (Å²) >= 11 is 0. The second kappa shape index (κ2) is 5.35. The molecule has 13 heavy (non-hydrogen) atoms. The first kappa shape index (κ1) is 11.7. The van der Waals surface area contributed by atoms with Crippen LogP contribution in [0.25, 0.3) is 0 Å². The molecule has 0 amide bonds. The molecule has 0 unspecified atom stereocenters. The molecule has 0 aromatic rings. The Hall–Kier alpha value is -1.32. The van der Waals surface area contributed by atoms with Gasteiger partial charge in [-0.1, -0.05) is 13.8 Å². The molecule has 0 heterocycles. The van der Waals surface area contributed by atoms with Crippen LogP contribution in [-0.4, -0.2) is 22.2 Å². The lowest BCUT2D eigenvalue weighted by molar-refractivity contribution is -0.135. The van der Waals surface area contributed by atoms with Crippen LogP contribution in [0, 0.1) is 5.92 Å². The fourth-order valence-corrected chi connectivity index (χ4v) is 0.834. The van der Waals surface area contributed by atoms with Gasteiger partial charge in [0.1, 0.15) is 0 Å². The van der Waals surface area contributed by atoms with Crippen molar-refractivity contribution in [2.24, 2.45) is 5.92 Å². The van der Waals surface area contributed by atoms with Gasteiger partial charge in [-0.15, -0.1) is 0 Å². The SMILES string of the molecule is CC(C)CC/C(=C/C(=O)O)C(=O)O. The van der Waals surface area contributed by atoms with Crippen molar-refractivity contribution in [1.82, 2.24) is 0 Å². The second-order valence-corrected chi connectivity index (χ2v) is 3.25. The highest BCUT2D eigenvalue weighted by Crippen LogP contribution is 2.11. The third-order valence-electron chi connectivity index (χ3n) is 1.56. The Morgan fingerprint density at radius 2 is 1.85 bits per heavy atom. The summed E-state index contributed by atoms with van der Waals surface area (Å²) in [6.07, 6.45) is 1.75. The minimum absolute atomic E-state index is 0.0406. The van der Waals surface area contributed by atoms with Crippen LogP contribution >= 0.6 is 0 Å². The van der Waals surface area contributed by atoms with Gasteiger partial charge < -0.3 is 10.2 Å². The summed E-state index contributed by atoms with van der Waals surface area (Å²) in [6.45, 7) is 3.92. The summed E-state index contributed by atoms with van der Waals surface area (Å²) in [5, 5.41) is 17.0. The van der Waals surface area contributed by atoms with Gasteiger partial charge >= 0.3 is 11.9 Å². The number of carboxylic acid groups (broad SMARTS) is 2. The maximum absolute atomic E-state index is 10.5. The number of hydrogen-bond donors (Lipinski definition) is 2. The number of hydrogen-bond acceptors (Lipinski definition) is 2. The van der Waals surface area contributed by atoms with Crippen LogP contribution in [0.2, 0.25) is 0 Å². The molecule has 0 saturated heterocycles. The van der Waals surface area contributed by atoms with Gasteiger partial charge in [-0.05, 0) is 18.8 Å². The molecular formula is C9H14O4. The van der Waals surface area contributed by atoms with Crippen molar-refractivity contribution in [1.29, 1.82) is 0 Å². The first-order valence-corrected chi connectivity index (χ1v) is 4.10. The van der Waals surface area contributed by atoms with E-state index in [1.54, 1.807) is 0 Å². The van der Waals surface area contributed by atoms with E-state index in [1.807, 2.05) is 13.8 Å². The van der Waals surface area contributed by atoms with E-state index in [4.69, 9.17) is 10.2 Å². The standard InChI is InChI=1S/C9H14O4/c1-6(2)3-4-7(9(12)13)5-8(10)11/h5-6H,3-4H2,1-2H3,(H,10,11)(H,12,13)/b7-5-. The van der Waals surface area contributed by atoms with Crippen molar-refractivity contribution < 1.29 is 19.8 Å². The van der Waals surface area contributed by atoms with Gasteiger partial charge in [0.25, 0.3) is 0 Å².